The number of hydrogen-bond acceptors (Lipinski definition) is 12. The van der Waals surface area contributed by atoms with E-state index in [1.54, 1.807) is 39.0 Å². The first-order chi connectivity index (χ1) is 23.2. The van der Waals surface area contributed by atoms with Crippen LogP contribution in [0.2, 0.25) is 0 Å². The topological polar surface area (TPSA) is 135 Å². The van der Waals surface area contributed by atoms with Gasteiger partial charge in [0, 0.05) is 93.4 Å². The SMILES string of the molecule is COc1cc(N2CCN(CC3COC3)CC2)c(-c2cnn(C)c2)cc1Nc1ncc(Br)c(Nc2ccc3nccnc3c2P(C)(C)=O)n1. The van der Waals surface area contributed by atoms with Gasteiger partial charge in [-0.1, -0.05) is 0 Å². The summed E-state index contributed by atoms with van der Waals surface area (Å²) in [6, 6.07) is 7.87. The summed E-state index contributed by atoms with van der Waals surface area (Å²) in [5.41, 5.74) is 5.76. The number of anilines is 5. The second-order valence-electron chi connectivity index (χ2n) is 12.5. The van der Waals surface area contributed by atoms with Gasteiger partial charge in [-0.05, 0) is 47.5 Å². The molecule has 2 aliphatic rings. The number of hydrogen-bond donors (Lipinski definition) is 2. The van der Waals surface area contributed by atoms with Crippen molar-refractivity contribution < 1.29 is 14.0 Å². The summed E-state index contributed by atoms with van der Waals surface area (Å²) in [4.78, 5) is 23.2. The number of ether oxygens (including phenoxy) is 2. The lowest BCUT2D eigenvalue weighted by atomic mass is 10.0. The molecule has 0 spiro atoms. The normalized spacial score (nSPS) is 15.8. The number of aromatic nitrogens is 6. The quantitative estimate of drug-likeness (QED) is 0.185. The van der Waals surface area contributed by atoms with Crippen LogP contribution in [0.3, 0.4) is 0 Å². The Hall–Kier alpha value is -4.10. The number of fused-ring (bicyclic) bond motifs is 1. The number of nitrogens with zero attached hydrogens (tertiary/aromatic N) is 8. The molecule has 2 fully saturated rings. The van der Waals surface area contributed by atoms with E-state index >= 15 is 0 Å². The predicted molar refractivity (Wildman–Crippen MR) is 193 cm³/mol. The maximum atomic E-state index is 13.5. The number of nitrogens with one attached hydrogen (secondary N) is 2. The van der Waals surface area contributed by atoms with Crippen molar-refractivity contribution in [3.8, 4) is 16.9 Å². The maximum Gasteiger partial charge on any atom is 0.229 e. The highest BCUT2D eigenvalue weighted by Gasteiger charge is 2.27. The summed E-state index contributed by atoms with van der Waals surface area (Å²) >= 11 is 3.59. The van der Waals surface area contributed by atoms with Gasteiger partial charge < -0.3 is 29.6 Å². The van der Waals surface area contributed by atoms with Crippen LogP contribution in [-0.4, -0.2) is 101 Å². The van der Waals surface area contributed by atoms with Gasteiger partial charge in [0.25, 0.3) is 0 Å². The van der Waals surface area contributed by atoms with Crippen molar-refractivity contribution in [3.05, 3.63) is 59.7 Å². The zero-order valence-corrected chi connectivity index (χ0v) is 29.8. The lowest BCUT2D eigenvalue weighted by Gasteiger charge is -2.40. The van der Waals surface area contributed by atoms with E-state index in [0.717, 1.165) is 62.8 Å². The van der Waals surface area contributed by atoms with Crippen molar-refractivity contribution in [3.63, 3.8) is 0 Å². The van der Waals surface area contributed by atoms with Crippen LogP contribution in [-0.2, 0) is 16.3 Å². The molecule has 2 saturated heterocycles. The van der Waals surface area contributed by atoms with E-state index in [-0.39, 0.29) is 0 Å². The summed E-state index contributed by atoms with van der Waals surface area (Å²) in [7, 11) is 0.822. The summed E-state index contributed by atoms with van der Waals surface area (Å²) in [5, 5.41) is 11.8. The highest BCUT2D eigenvalue weighted by molar-refractivity contribution is 9.10. The standard InChI is InChI=1S/C33H38BrN10O3P/c1-42-18-22(15-38-42)23-13-27(29(46-2)14-28(23)44-11-9-43(10-12-44)17-21-19-47-20-21)40-33-37-16-24(34)32(41-33)39-26-6-5-25-30(36-8-7-35-25)31(26)48(3,4)45/h5-8,13-16,18,21H,9-12,17,19-20H2,1-4H3,(H2,37,39,40,41). The lowest BCUT2D eigenvalue weighted by molar-refractivity contribution is -0.0468. The molecule has 0 saturated carbocycles. The number of aryl methyl sites for hydroxylation is 1. The minimum absolute atomic E-state index is 0.357. The second kappa shape index (κ2) is 13.4. The van der Waals surface area contributed by atoms with E-state index in [1.807, 2.05) is 36.3 Å². The molecule has 0 atom stereocenters. The molecule has 13 nitrogen and oxygen atoms in total. The highest BCUT2D eigenvalue weighted by atomic mass is 79.9. The number of piperazine rings is 1. The van der Waals surface area contributed by atoms with Gasteiger partial charge in [0.05, 0.1) is 53.2 Å². The number of benzene rings is 2. The van der Waals surface area contributed by atoms with Gasteiger partial charge in [-0.2, -0.15) is 10.1 Å². The summed E-state index contributed by atoms with van der Waals surface area (Å²) in [6.07, 6.45) is 8.81. The molecule has 2 aromatic carbocycles. The van der Waals surface area contributed by atoms with Crippen LogP contribution in [0.4, 0.5) is 28.8 Å². The zero-order chi connectivity index (χ0) is 33.4. The van der Waals surface area contributed by atoms with E-state index in [1.165, 1.54) is 0 Å². The monoisotopic (exact) mass is 732 g/mol. The number of methoxy groups -OCH3 is 1. The highest BCUT2D eigenvalue weighted by Crippen LogP contribution is 2.43. The molecular formula is C33H38BrN10O3P. The van der Waals surface area contributed by atoms with Crippen molar-refractivity contribution in [2.75, 3.05) is 81.9 Å². The number of halogens is 1. The molecule has 15 heteroatoms. The van der Waals surface area contributed by atoms with Gasteiger partial charge in [-0.25, -0.2) is 4.98 Å². The van der Waals surface area contributed by atoms with Crippen LogP contribution in [0.25, 0.3) is 22.2 Å². The fourth-order valence-electron chi connectivity index (χ4n) is 6.25. The molecule has 0 unspecified atom stereocenters. The molecule has 250 valence electrons. The molecule has 5 heterocycles. The summed E-state index contributed by atoms with van der Waals surface area (Å²) in [6.45, 7) is 10.1. The van der Waals surface area contributed by atoms with Gasteiger partial charge in [0.1, 0.15) is 24.2 Å². The van der Waals surface area contributed by atoms with Gasteiger partial charge >= 0.3 is 0 Å². The minimum Gasteiger partial charge on any atom is -0.494 e. The van der Waals surface area contributed by atoms with Crippen molar-refractivity contribution in [1.82, 2.24) is 34.6 Å². The van der Waals surface area contributed by atoms with Gasteiger partial charge in [-0.15, -0.1) is 0 Å². The Morgan fingerprint density at radius 3 is 2.50 bits per heavy atom. The Kier molecular flexibility index (Phi) is 9.08. The molecule has 0 aliphatic carbocycles. The average Bonchev–Trinajstić information content (AvgIpc) is 3.49. The smallest absolute Gasteiger partial charge is 0.229 e. The molecule has 7 rings (SSSR count). The number of rotatable bonds is 10. The first-order valence-electron chi connectivity index (χ1n) is 15.8. The first-order valence-corrected chi connectivity index (χ1v) is 19.2. The molecule has 48 heavy (non-hydrogen) atoms. The van der Waals surface area contributed by atoms with E-state index in [4.69, 9.17) is 14.5 Å². The fourth-order valence-corrected chi connectivity index (χ4v) is 7.93. The molecule has 0 bridgehead atoms. The van der Waals surface area contributed by atoms with Crippen LogP contribution < -0.4 is 25.6 Å². The second-order valence-corrected chi connectivity index (χ2v) is 16.5. The van der Waals surface area contributed by atoms with Crippen LogP contribution in [0.1, 0.15) is 0 Å². The van der Waals surface area contributed by atoms with E-state index < -0.39 is 7.14 Å². The third-order valence-electron chi connectivity index (χ3n) is 8.67. The maximum absolute atomic E-state index is 13.5. The third kappa shape index (κ3) is 6.75. The van der Waals surface area contributed by atoms with Crippen molar-refractivity contribution in [2.24, 2.45) is 13.0 Å². The Morgan fingerprint density at radius 1 is 1.02 bits per heavy atom. The Labute approximate surface area is 287 Å². The van der Waals surface area contributed by atoms with Gasteiger partial charge in [0.15, 0.2) is 0 Å². The van der Waals surface area contributed by atoms with Crippen LogP contribution in [0.15, 0.2) is 59.7 Å². The lowest BCUT2D eigenvalue weighted by Crippen LogP contribution is -2.50. The van der Waals surface area contributed by atoms with Crippen LogP contribution in [0.5, 0.6) is 5.75 Å². The van der Waals surface area contributed by atoms with Crippen molar-refractivity contribution in [2.45, 2.75) is 0 Å². The molecule has 2 aliphatic heterocycles. The van der Waals surface area contributed by atoms with Crippen molar-refractivity contribution in [1.29, 1.82) is 0 Å². The predicted octanol–water partition coefficient (Wildman–Crippen LogP) is 5.10. The van der Waals surface area contributed by atoms with Crippen LogP contribution in [0, 0.1) is 5.92 Å². The van der Waals surface area contributed by atoms with Crippen LogP contribution >= 0.6 is 23.1 Å². The minimum atomic E-state index is -2.76. The fraction of sp³-hybridized carbons (Fsp3) is 0.364. The van der Waals surface area contributed by atoms with Crippen molar-refractivity contribution >= 4 is 68.2 Å². The Morgan fingerprint density at radius 2 is 1.81 bits per heavy atom. The van der Waals surface area contributed by atoms with Gasteiger partial charge in [-0.3, -0.25) is 19.5 Å². The molecule has 0 amide bonds. The Bertz CT molecular complexity index is 2010. The molecular weight excluding hydrogens is 695 g/mol. The molecule has 0 radical (unpaired) electrons. The molecule has 5 aromatic rings. The first kappa shape index (κ1) is 32.4. The Balaban J connectivity index is 1.20. The van der Waals surface area contributed by atoms with Gasteiger partial charge in [0.2, 0.25) is 5.95 Å². The zero-order valence-electron chi connectivity index (χ0n) is 27.4. The van der Waals surface area contributed by atoms with E-state index in [2.05, 4.69) is 68.5 Å². The molecule has 2 N–H and O–H groups in total. The van der Waals surface area contributed by atoms with E-state index in [0.29, 0.717) is 55.6 Å². The summed E-state index contributed by atoms with van der Waals surface area (Å²) in [5.74, 6) is 2.17. The van der Waals surface area contributed by atoms with E-state index in [9.17, 15) is 4.57 Å². The largest absolute Gasteiger partial charge is 0.494 e. The third-order valence-corrected chi connectivity index (χ3v) is 10.8. The summed E-state index contributed by atoms with van der Waals surface area (Å²) < 4.78 is 27.2. The molecule has 3 aromatic heterocycles. The average molecular weight is 734 g/mol.